The summed E-state index contributed by atoms with van der Waals surface area (Å²) < 4.78 is 2.37. The Labute approximate surface area is 91.7 Å². The van der Waals surface area contributed by atoms with Crippen molar-refractivity contribution in [3.63, 3.8) is 0 Å². The molecule has 2 heterocycles. The lowest BCUT2D eigenvalue weighted by molar-refractivity contribution is 0.767. The van der Waals surface area contributed by atoms with Crippen molar-refractivity contribution < 1.29 is 0 Å². The van der Waals surface area contributed by atoms with Crippen LogP contribution in [0.2, 0.25) is 0 Å². The second kappa shape index (κ2) is 3.98. The smallest absolute Gasteiger partial charge is 0.271 e. The lowest BCUT2D eigenvalue weighted by Gasteiger charge is -2.00. The SMILES string of the molecule is C/C=C/Cn1cnc2c(C)csc2c1=O. The maximum atomic E-state index is 11.9. The molecule has 2 rings (SSSR count). The van der Waals surface area contributed by atoms with Crippen molar-refractivity contribution >= 4 is 21.6 Å². The highest BCUT2D eigenvalue weighted by Gasteiger charge is 2.06. The summed E-state index contributed by atoms with van der Waals surface area (Å²) in [5.74, 6) is 0. The molecule has 15 heavy (non-hydrogen) atoms. The van der Waals surface area contributed by atoms with Crippen molar-refractivity contribution in [2.75, 3.05) is 0 Å². The zero-order valence-electron chi connectivity index (χ0n) is 8.73. The molecule has 0 atom stereocenters. The third kappa shape index (κ3) is 1.72. The van der Waals surface area contributed by atoms with Crippen LogP contribution in [0.25, 0.3) is 10.2 Å². The van der Waals surface area contributed by atoms with Gasteiger partial charge in [-0.3, -0.25) is 9.36 Å². The van der Waals surface area contributed by atoms with Crippen LogP contribution in [0.5, 0.6) is 0 Å². The molecule has 0 spiro atoms. The van der Waals surface area contributed by atoms with Crippen molar-refractivity contribution in [2.24, 2.45) is 0 Å². The minimum Gasteiger partial charge on any atom is -0.294 e. The quantitative estimate of drug-likeness (QED) is 0.728. The molecule has 0 aliphatic carbocycles. The number of rotatable bonds is 2. The first-order valence-electron chi connectivity index (χ1n) is 4.78. The molecule has 0 aromatic carbocycles. The van der Waals surface area contributed by atoms with Gasteiger partial charge >= 0.3 is 0 Å². The van der Waals surface area contributed by atoms with Crippen LogP contribution >= 0.6 is 11.3 Å². The second-order valence-corrected chi connectivity index (χ2v) is 4.25. The summed E-state index contributed by atoms with van der Waals surface area (Å²) >= 11 is 1.47. The second-order valence-electron chi connectivity index (χ2n) is 3.37. The zero-order valence-corrected chi connectivity index (χ0v) is 9.54. The number of nitrogens with zero attached hydrogens (tertiary/aromatic N) is 2. The van der Waals surface area contributed by atoms with Crippen LogP contribution in [-0.2, 0) is 6.54 Å². The van der Waals surface area contributed by atoms with E-state index in [1.54, 1.807) is 10.9 Å². The van der Waals surface area contributed by atoms with E-state index < -0.39 is 0 Å². The van der Waals surface area contributed by atoms with Crippen molar-refractivity contribution in [1.29, 1.82) is 0 Å². The summed E-state index contributed by atoms with van der Waals surface area (Å²) in [6.45, 7) is 4.50. The highest BCUT2D eigenvalue weighted by molar-refractivity contribution is 7.17. The maximum absolute atomic E-state index is 11.9. The number of thiophene rings is 1. The van der Waals surface area contributed by atoms with E-state index in [9.17, 15) is 4.79 Å². The Kier molecular flexibility index (Phi) is 2.68. The van der Waals surface area contributed by atoms with Crippen LogP contribution in [0, 0.1) is 6.92 Å². The minimum atomic E-state index is 0.0520. The van der Waals surface area contributed by atoms with Gasteiger partial charge in [-0.2, -0.15) is 0 Å². The van der Waals surface area contributed by atoms with Gasteiger partial charge in [-0.25, -0.2) is 4.98 Å². The van der Waals surface area contributed by atoms with Crippen LogP contribution in [0.15, 0.2) is 28.7 Å². The Morgan fingerprint density at radius 1 is 1.60 bits per heavy atom. The molecule has 0 aliphatic rings. The fourth-order valence-corrected chi connectivity index (χ4v) is 2.36. The van der Waals surface area contributed by atoms with Gasteiger partial charge in [0.1, 0.15) is 4.70 Å². The first kappa shape index (κ1) is 10.1. The van der Waals surface area contributed by atoms with E-state index in [2.05, 4.69) is 4.98 Å². The van der Waals surface area contributed by atoms with Gasteiger partial charge in [0.25, 0.3) is 5.56 Å². The first-order valence-corrected chi connectivity index (χ1v) is 5.66. The first-order chi connectivity index (χ1) is 7.24. The number of hydrogen-bond donors (Lipinski definition) is 0. The largest absolute Gasteiger partial charge is 0.294 e. The standard InChI is InChI=1S/C11H12N2OS/c1-3-4-5-13-7-12-9-8(2)6-15-10(9)11(13)14/h3-4,6-7H,5H2,1-2H3/b4-3+. The average molecular weight is 220 g/mol. The third-order valence-corrected chi connectivity index (χ3v) is 3.34. The molecule has 2 aromatic rings. The molecule has 0 saturated carbocycles. The Bertz CT molecular complexity index is 565. The molecule has 2 aromatic heterocycles. The molecule has 0 amide bonds. The van der Waals surface area contributed by atoms with Crippen LogP contribution in [-0.4, -0.2) is 9.55 Å². The van der Waals surface area contributed by atoms with E-state index in [4.69, 9.17) is 0 Å². The zero-order chi connectivity index (χ0) is 10.8. The predicted octanol–water partition coefficient (Wildman–Crippen LogP) is 2.34. The lowest BCUT2D eigenvalue weighted by atomic mass is 10.3. The number of allylic oxidation sites excluding steroid dienone is 2. The summed E-state index contributed by atoms with van der Waals surface area (Å²) in [6, 6.07) is 0. The molecule has 3 nitrogen and oxygen atoms in total. The van der Waals surface area contributed by atoms with Gasteiger partial charge in [-0.15, -0.1) is 11.3 Å². The number of aryl methyl sites for hydroxylation is 1. The molecule has 0 aliphatic heterocycles. The Hall–Kier alpha value is -1.42. The van der Waals surface area contributed by atoms with Crippen molar-refractivity contribution in [2.45, 2.75) is 20.4 Å². The fraction of sp³-hybridized carbons (Fsp3) is 0.273. The van der Waals surface area contributed by atoms with E-state index in [0.717, 1.165) is 15.8 Å². The van der Waals surface area contributed by atoms with Gasteiger partial charge in [-0.05, 0) is 24.8 Å². The van der Waals surface area contributed by atoms with Crippen LogP contribution in [0.4, 0.5) is 0 Å². The van der Waals surface area contributed by atoms with Gasteiger partial charge in [0.2, 0.25) is 0 Å². The molecule has 78 valence electrons. The third-order valence-electron chi connectivity index (χ3n) is 2.26. The normalized spacial score (nSPS) is 11.6. The van der Waals surface area contributed by atoms with Gasteiger partial charge in [0.05, 0.1) is 11.8 Å². The summed E-state index contributed by atoms with van der Waals surface area (Å²) in [7, 11) is 0. The van der Waals surface area contributed by atoms with Gasteiger partial charge in [-0.1, -0.05) is 12.2 Å². The molecular formula is C11H12N2OS. The average Bonchev–Trinajstić information content (AvgIpc) is 2.61. The maximum Gasteiger partial charge on any atom is 0.271 e. The minimum absolute atomic E-state index is 0.0520. The van der Waals surface area contributed by atoms with Crippen LogP contribution < -0.4 is 5.56 Å². The fourth-order valence-electron chi connectivity index (χ4n) is 1.41. The molecule has 0 radical (unpaired) electrons. The molecule has 0 fully saturated rings. The van der Waals surface area contributed by atoms with Crippen LogP contribution in [0.3, 0.4) is 0 Å². The van der Waals surface area contributed by atoms with E-state index in [0.29, 0.717) is 6.54 Å². The number of fused-ring (bicyclic) bond motifs is 1. The summed E-state index contributed by atoms with van der Waals surface area (Å²) in [6.07, 6.45) is 5.48. The van der Waals surface area contributed by atoms with Gasteiger partial charge < -0.3 is 0 Å². The molecule has 0 bridgehead atoms. The van der Waals surface area contributed by atoms with Crippen molar-refractivity contribution in [1.82, 2.24) is 9.55 Å². The Morgan fingerprint density at radius 2 is 2.40 bits per heavy atom. The van der Waals surface area contributed by atoms with Crippen LogP contribution in [0.1, 0.15) is 12.5 Å². The molecule has 0 saturated heterocycles. The van der Waals surface area contributed by atoms with E-state index in [1.165, 1.54) is 11.3 Å². The highest BCUT2D eigenvalue weighted by atomic mass is 32.1. The topological polar surface area (TPSA) is 34.9 Å². The van der Waals surface area contributed by atoms with E-state index in [1.807, 2.05) is 31.4 Å². The van der Waals surface area contributed by atoms with E-state index in [-0.39, 0.29) is 5.56 Å². The van der Waals surface area contributed by atoms with Gasteiger partial charge in [0.15, 0.2) is 0 Å². The highest BCUT2D eigenvalue weighted by Crippen LogP contribution is 2.19. The Morgan fingerprint density at radius 3 is 3.13 bits per heavy atom. The Balaban J connectivity index is 2.61. The lowest BCUT2D eigenvalue weighted by Crippen LogP contribution is -2.18. The van der Waals surface area contributed by atoms with E-state index >= 15 is 0 Å². The van der Waals surface area contributed by atoms with Crippen molar-refractivity contribution in [3.05, 3.63) is 39.8 Å². The summed E-state index contributed by atoms with van der Waals surface area (Å²) in [4.78, 5) is 16.2. The predicted molar refractivity (Wildman–Crippen MR) is 63.4 cm³/mol. The number of hydrogen-bond acceptors (Lipinski definition) is 3. The molecule has 0 N–H and O–H groups in total. The number of aromatic nitrogens is 2. The van der Waals surface area contributed by atoms with Crippen molar-refractivity contribution in [3.8, 4) is 0 Å². The van der Waals surface area contributed by atoms with Gasteiger partial charge in [0, 0.05) is 6.54 Å². The monoisotopic (exact) mass is 220 g/mol. The summed E-state index contributed by atoms with van der Waals surface area (Å²) in [5.41, 5.74) is 1.96. The molecule has 4 heteroatoms. The molecular weight excluding hydrogens is 208 g/mol. The molecule has 0 unspecified atom stereocenters. The summed E-state index contributed by atoms with van der Waals surface area (Å²) in [5, 5.41) is 1.97.